The van der Waals surface area contributed by atoms with Crippen molar-refractivity contribution in [2.75, 3.05) is 46.0 Å². The van der Waals surface area contributed by atoms with Gasteiger partial charge in [0.05, 0.1) is 25.7 Å². The van der Waals surface area contributed by atoms with Gasteiger partial charge >= 0.3 is 0 Å². The van der Waals surface area contributed by atoms with E-state index in [-0.39, 0.29) is 18.2 Å². The molecule has 2 aliphatic rings. The van der Waals surface area contributed by atoms with E-state index in [1.165, 1.54) is 0 Å². The summed E-state index contributed by atoms with van der Waals surface area (Å²) in [6.45, 7) is 6.99. The van der Waals surface area contributed by atoms with Gasteiger partial charge in [-0.2, -0.15) is 0 Å². The maximum absolute atomic E-state index is 12.8. The smallest absolute Gasteiger partial charge is 0.237 e. The minimum atomic E-state index is -0.454. The number of hydrogen-bond donors (Lipinski definition) is 1. The zero-order chi connectivity index (χ0) is 19.1. The number of carbonyl (C=O) groups excluding carboxylic acids is 2. The van der Waals surface area contributed by atoms with Gasteiger partial charge in [-0.3, -0.25) is 14.5 Å². The molecule has 2 saturated heterocycles. The van der Waals surface area contributed by atoms with Crippen molar-refractivity contribution in [2.24, 2.45) is 0 Å². The fraction of sp³-hybridized carbons (Fsp3) is 0.600. The fourth-order valence-corrected chi connectivity index (χ4v) is 3.61. The lowest BCUT2D eigenvalue weighted by atomic mass is 10.1. The summed E-state index contributed by atoms with van der Waals surface area (Å²) in [5.74, 6) is 0.779. The van der Waals surface area contributed by atoms with Crippen LogP contribution in [0.25, 0.3) is 0 Å². The van der Waals surface area contributed by atoms with Gasteiger partial charge < -0.3 is 19.7 Å². The predicted molar refractivity (Wildman–Crippen MR) is 101 cm³/mol. The number of benzene rings is 1. The molecule has 0 spiro atoms. The summed E-state index contributed by atoms with van der Waals surface area (Å²) >= 11 is 0. The first-order valence-electron chi connectivity index (χ1n) is 9.77. The highest BCUT2D eigenvalue weighted by molar-refractivity contribution is 5.88. The van der Waals surface area contributed by atoms with Crippen molar-refractivity contribution in [3.05, 3.63) is 29.8 Å². The Morgan fingerprint density at radius 3 is 2.96 bits per heavy atom. The normalized spacial score (nSPS) is 21.4. The number of carbonyl (C=O) groups is 2. The molecular weight excluding hydrogens is 346 g/mol. The molecule has 1 unspecified atom stereocenters. The van der Waals surface area contributed by atoms with Gasteiger partial charge in [-0.1, -0.05) is 18.2 Å². The molecule has 2 amide bonds. The number of para-hydroxylation sites is 1. The molecule has 0 radical (unpaired) electrons. The maximum Gasteiger partial charge on any atom is 0.237 e. The second kappa shape index (κ2) is 9.71. The van der Waals surface area contributed by atoms with Gasteiger partial charge in [0.2, 0.25) is 11.8 Å². The van der Waals surface area contributed by atoms with E-state index < -0.39 is 6.04 Å². The van der Waals surface area contributed by atoms with E-state index in [0.29, 0.717) is 52.5 Å². The molecule has 2 fully saturated rings. The number of ether oxygens (including phenoxy) is 2. The average Bonchev–Trinajstić information content (AvgIpc) is 2.96. The molecule has 2 aliphatic heterocycles. The lowest BCUT2D eigenvalue weighted by Crippen LogP contribution is -2.56. The van der Waals surface area contributed by atoms with Gasteiger partial charge in [-0.05, 0) is 19.4 Å². The number of hydrogen-bond acceptors (Lipinski definition) is 5. The number of piperazine rings is 1. The quantitative estimate of drug-likeness (QED) is 0.804. The van der Waals surface area contributed by atoms with Crippen LogP contribution in [0, 0.1) is 0 Å². The Morgan fingerprint density at radius 2 is 2.11 bits per heavy atom. The Hall–Kier alpha value is -2.12. The van der Waals surface area contributed by atoms with Crippen LogP contribution in [-0.2, 0) is 20.9 Å². The molecule has 3 rings (SSSR count). The van der Waals surface area contributed by atoms with Crippen LogP contribution in [0.3, 0.4) is 0 Å². The molecule has 2 heterocycles. The lowest BCUT2D eigenvalue weighted by molar-refractivity contribution is -0.139. The van der Waals surface area contributed by atoms with E-state index in [1.807, 2.05) is 36.1 Å². The van der Waals surface area contributed by atoms with Crippen LogP contribution in [0.5, 0.6) is 5.75 Å². The SMILES string of the molecule is CCOc1ccccc1CN1CCNC(=O)C1CC(=O)N1CCCOCC1. The third kappa shape index (κ3) is 5.20. The van der Waals surface area contributed by atoms with Crippen molar-refractivity contribution in [1.29, 1.82) is 0 Å². The molecule has 0 aromatic heterocycles. The van der Waals surface area contributed by atoms with Gasteiger partial charge in [0.1, 0.15) is 5.75 Å². The topological polar surface area (TPSA) is 71.1 Å². The monoisotopic (exact) mass is 375 g/mol. The van der Waals surface area contributed by atoms with Gasteiger partial charge in [-0.25, -0.2) is 0 Å². The maximum atomic E-state index is 12.8. The van der Waals surface area contributed by atoms with E-state index in [0.717, 1.165) is 17.7 Å². The van der Waals surface area contributed by atoms with Crippen molar-refractivity contribution in [2.45, 2.75) is 32.4 Å². The third-order valence-electron chi connectivity index (χ3n) is 5.03. The fourth-order valence-electron chi connectivity index (χ4n) is 3.61. The van der Waals surface area contributed by atoms with E-state index in [9.17, 15) is 9.59 Å². The van der Waals surface area contributed by atoms with Crippen molar-refractivity contribution in [1.82, 2.24) is 15.1 Å². The Kier molecular flexibility index (Phi) is 7.06. The zero-order valence-electron chi connectivity index (χ0n) is 16.0. The highest BCUT2D eigenvalue weighted by Gasteiger charge is 2.33. The Labute approximate surface area is 160 Å². The third-order valence-corrected chi connectivity index (χ3v) is 5.03. The van der Waals surface area contributed by atoms with Gasteiger partial charge in [-0.15, -0.1) is 0 Å². The van der Waals surface area contributed by atoms with Crippen LogP contribution in [0.15, 0.2) is 24.3 Å². The molecule has 7 nitrogen and oxygen atoms in total. The first-order chi connectivity index (χ1) is 13.2. The minimum absolute atomic E-state index is 0.0191. The molecular formula is C20H29N3O4. The van der Waals surface area contributed by atoms with Gasteiger partial charge in [0.15, 0.2) is 0 Å². The average molecular weight is 375 g/mol. The summed E-state index contributed by atoms with van der Waals surface area (Å²) in [4.78, 5) is 29.2. The van der Waals surface area contributed by atoms with Crippen LogP contribution in [0.4, 0.5) is 0 Å². The predicted octanol–water partition coefficient (Wildman–Crippen LogP) is 1.02. The van der Waals surface area contributed by atoms with Crippen LogP contribution >= 0.6 is 0 Å². The van der Waals surface area contributed by atoms with E-state index >= 15 is 0 Å². The molecule has 0 bridgehead atoms. The molecule has 148 valence electrons. The van der Waals surface area contributed by atoms with Crippen LogP contribution in [0.1, 0.15) is 25.3 Å². The summed E-state index contributed by atoms with van der Waals surface area (Å²) in [6, 6.07) is 7.42. The van der Waals surface area contributed by atoms with Gasteiger partial charge in [0, 0.05) is 44.9 Å². The van der Waals surface area contributed by atoms with Crippen LogP contribution in [0.2, 0.25) is 0 Å². The summed E-state index contributed by atoms with van der Waals surface area (Å²) in [5, 5.41) is 2.90. The summed E-state index contributed by atoms with van der Waals surface area (Å²) in [7, 11) is 0. The molecule has 1 atom stereocenters. The van der Waals surface area contributed by atoms with Crippen molar-refractivity contribution < 1.29 is 19.1 Å². The molecule has 1 N–H and O–H groups in total. The highest BCUT2D eigenvalue weighted by atomic mass is 16.5. The zero-order valence-corrected chi connectivity index (χ0v) is 16.0. The molecule has 7 heteroatoms. The van der Waals surface area contributed by atoms with E-state index in [4.69, 9.17) is 9.47 Å². The van der Waals surface area contributed by atoms with Crippen molar-refractivity contribution in [3.8, 4) is 5.75 Å². The summed E-state index contributed by atoms with van der Waals surface area (Å²) < 4.78 is 11.1. The second-order valence-corrected chi connectivity index (χ2v) is 6.87. The van der Waals surface area contributed by atoms with Crippen molar-refractivity contribution in [3.63, 3.8) is 0 Å². The first-order valence-corrected chi connectivity index (χ1v) is 9.77. The Morgan fingerprint density at radius 1 is 1.26 bits per heavy atom. The molecule has 1 aromatic carbocycles. The molecule has 0 saturated carbocycles. The molecule has 27 heavy (non-hydrogen) atoms. The number of nitrogens with one attached hydrogen (secondary N) is 1. The largest absolute Gasteiger partial charge is 0.494 e. The number of rotatable bonds is 6. The molecule has 1 aromatic rings. The van der Waals surface area contributed by atoms with E-state index in [1.54, 1.807) is 0 Å². The minimum Gasteiger partial charge on any atom is -0.494 e. The first kappa shape index (κ1) is 19.6. The van der Waals surface area contributed by atoms with Gasteiger partial charge in [0.25, 0.3) is 0 Å². The number of nitrogens with zero attached hydrogens (tertiary/aromatic N) is 2. The summed E-state index contributed by atoms with van der Waals surface area (Å²) in [6.07, 6.45) is 1.04. The van der Waals surface area contributed by atoms with Crippen LogP contribution in [-0.4, -0.2) is 73.7 Å². The highest BCUT2D eigenvalue weighted by Crippen LogP contribution is 2.22. The lowest BCUT2D eigenvalue weighted by Gasteiger charge is -2.36. The van der Waals surface area contributed by atoms with Crippen molar-refractivity contribution >= 4 is 11.8 Å². The Bertz CT molecular complexity index is 644. The van der Waals surface area contributed by atoms with Crippen LogP contribution < -0.4 is 10.1 Å². The Balaban J connectivity index is 1.69. The standard InChI is InChI=1S/C20H29N3O4/c1-2-27-18-7-4-3-6-16(18)15-23-10-8-21-20(25)17(23)14-19(24)22-9-5-12-26-13-11-22/h3-4,6-7,17H,2,5,8-15H2,1H3,(H,21,25). The second-order valence-electron chi connectivity index (χ2n) is 6.87. The summed E-state index contributed by atoms with van der Waals surface area (Å²) in [5.41, 5.74) is 1.04. The molecule has 0 aliphatic carbocycles. The number of amides is 2. The van der Waals surface area contributed by atoms with E-state index in [2.05, 4.69) is 10.2 Å².